The van der Waals surface area contributed by atoms with Crippen LogP contribution in [-0.4, -0.2) is 26.5 Å². The summed E-state index contributed by atoms with van der Waals surface area (Å²) in [7, 11) is 0. The topological polar surface area (TPSA) is 79.4 Å². The minimum absolute atomic E-state index is 0.0863. The van der Waals surface area contributed by atoms with Crippen molar-refractivity contribution >= 4 is 0 Å². The van der Waals surface area contributed by atoms with E-state index in [2.05, 4.69) is 10.1 Å². The first-order valence-electron chi connectivity index (χ1n) is 5.64. The fourth-order valence-electron chi connectivity index (χ4n) is 1.95. The van der Waals surface area contributed by atoms with E-state index < -0.39 is 11.6 Å². The molecule has 1 aromatic carbocycles. The van der Waals surface area contributed by atoms with E-state index >= 15 is 0 Å². The summed E-state index contributed by atoms with van der Waals surface area (Å²) in [5.41, 5.74) is 0.445. The van der Waals surface area contributed by atoms with E-state index in [-0.39, 0.29) is 17.8 Å². The predicted molar refractivity (Wildman–Crippen MR) is 59.3 cm³/mol. The van der Waals surface area contributed by atoms with Gasteiger partial charge in [0.1, 0.15) is 0 Å². The van der Waals surface area contributed by atoms with Crippen LogP contribution in [0.5, 0.6) is 5.75 Å². The van der Waals surface area contributed by atoms with Gasteiger partial charge in [0, 0.05) is 11.5 Å². The molecule has 94 valence electrons. The summed E-state index contributed by atoms with van der Waals surface area (Å²) in [6.45, 7) is 0. The quantitative estimate of drug-likeness (QED) is 0.849. The Balaban J connectivity index is 1.86. The van der Waals surface area contributed by atoms with Crippen molar-refractivity contribution in [1.29, 1.82) is 0 Å². The van der Waals surface area contributed by atoms with Crippen LogP contribution in [0.3, 0.4) is 0 Å². The highest BCUT2D eigenvalue weighted by atomic mass is 19.1. The maximum atomic E-state index is 13.2. The molecule has 0 atom stereocenters. The molecule has 0 unspecified atom stereocenters. The lowest BCUT2D eigenvalue weighted by atomic mass is 9.82. The van der Waals surface area contributed by atoms with Gasteiger partial charge < -0.3 is 14.7 Å². The summed E-state index contributed by atoms with van der Waals surface area (Å²) in [4.78, 5) is 4.17. The molecule has 3 rings (SSSR count). The summed E-state index contributed by atoms with van der Waals surface area (Å²) in [5.74, 6) is -0.306. The fraction of sp³-hybridized carbons (Fsp3) is 0.333. The molecule has 1 aliphatic carbocycles. The van der Waals surface area contributed by atoms with Crippen molar-refractivity contribution < 1.29 is 19.1 Å². The van der Waals surface area contributed by atoms with Crippen LogP contribution in [0.25, 0.3) is 11.4 Å². The number of aromatic nitrogens is 2. The number of aliphatic hydroxyl groups is 1. The van der Waals surface area contributed by atoms with E-state index in [0.717, 1.165) is 6.07 Å². The van der Waals surface area contributed by atoms with E-state index in [4.69, 9.17) is 9.63 Å². The number of halogens is 1. The van der Waals surface area contributed by atoms with Gasteiger partial charge in [-0.2, -0.15) is 4.98 Å². The Morgan fingerprint density at radius 3 is 2.78 bits per heavy atom. The fourth-order valence-corrected chi connectivity index (χ4v) is 1.95. The lowest BCUT2D eigenvalue weighted by molar-refractivity contribution is 0.0625. The third-order valence-corrected chi connectivity index (χ3v) is 3.11. The normalized spacial score (nSPS) is 22.8. The summed E-state index contributed by atoms with van der Waals surface area (Å²) in [6, 6.07) is 3.91. The molecule has 0 spiro atoms. The van der Waals surface area contributed by atoms with E-state index in [1.54, 1.807) is 0 Å². The number of nitrogens with zero attached hydrogens (tertiary/aromatic N) is 2. The van der Waals surface area contributed by atoms with Crippen LogP contribution in [-0.2, 0) is 0 Å². The number of phenolic OH excluding ortho intramolecular Hbond substituents is 1. The Labute approximate surface area is 102 Å². The van der Waals surface area contributed by atoms with Crippen molar-refractivity contribution in [3.05, 3.63) is 29.9 Å². The average Bonchev–Trinajstić information content (AvgIpc) is 2.78. The highest BCUT2D eigenvalue weighted by molar-refractivity contribution is 5.55. The maximum absolute atomic E-state index is 13.2. The summed E-state index contributed by atoms with van der Waals surface area (Å²) in [5, 5.41) is 22.1. The van der Waals surface area contributed by atoms with E-state index in [1.165, 1.54) is 12.1 Å². The van der Waals surface area contributed by atoms with Crippen molar-refractivity contribution in [1.82, 2.24) is 10.1 Å². The van der Waals surface area contributed by atoms with Crippen LogP contribution in [0.4, 0.5) is 4.39 Å². The Hall–Kier alpha value is -1.95. The minimum atomic E-state index is -0.724. The van der Waals surface area contributed by atoms with Crippen molar-refractivity contribution in [3.63, 3.8) is 0 Å². The molecule has 1 aliphatic rings. The SMILES string of the molecule is Oc1ccc(-c2noc(C3CC(O)C3)n2)cc1F. The van der Waals surface area contributed by atoms with Gasteiger partial charge in [-0.25, -0.2) is 4.39 Å². The first kappa shape index (κ1) is 11.2. The van der Waals surface area contributed by atoms with Gasteiger partial charge in [-0.1, -0.05) is 5.16 Å². The smallest absolute Gasteiger partial charge is 0.230 e. The monoisotopic (exact) mass is 250 g/mol. The van der Waals surface area contributed by atoms with Gasteiger partial charge in [0.05, 0.1) is 6.10 Å². The molecule has 5 nitrogen and oxygen atoms in total. The number of hydrogen-bond donors (Lipinski definition) is 2. The molecule has 18 heavy (non-hydrogen) atoms. The second-order valence-electron chi connectivity index (χ2n) is 4.44. The lowest BCUT2D eigenvalue weighted by Gasteiger charge is -2.27. The molecule has 0 bridgehead atoms. The zero-order valence-electron chi connectivity index (χ0n) is 9.38. The lowest BCUT2D eigenvalue weighted by Crippen LogP contribution is -2.26. The van der Waals surface area contributed by atoms with E-state index in [1.807, 2.05) is 0 Å². The zero-order chi connectivity index (χ0) is 12.7. The van der Waals surface area contributed by atoms with Crippen LogP contribution in [0, 0.1) is 5.82 Å². The van der Waals surface area contributed by atoms with Crippen molar-refractivity contribution in [2.45, 2.75) is 24.9 Å². The molecule has 2 aromatic rings. The van der Waals surface area contributed by atoms with Gasteiger partial charge in [-0.3, -0.25) is 0 Å². The minimum Gasteiger partial charge on any atom is -0.505 e. The second kappa shape index (κ2) is 4.06. The third-order valence-electron chi connectivity index (χ3n) is 3.11. The Morgan fingerprint density at radius 2 is 2.11 bits per heavy atom. The third kappa shape index (κ3) is 1.84. The molecular weight excluding hydrogens is 239 g/mol. The number of rotatable bonds is 2. The Morgan fingerprint density at radius 1 is 1.33 bits per heavy atom. The molecule has 0 amide bonds. The highest BCUT2D eigenvalue weighted by Crippen LogP contribution is 2.36. The molecule has 0 saturated heterocycles. The molecule has 1 heterocycles. The van der Waals surface area contributed by atoms with E-state index in [9.17, 15) is 9.50 Å². The van der Waals surface area contributed by atoms with Gasteiger partial charge in [-0.15, -0.1) is 0 Å². The van der Waals surface area contributed by atoms with Gasteiger partial charge in [0.15, 0.2) is 11.6 Å². The number of aliphatic hydroxyl groups excluding tert-OH is 1. The molecule has 1 fully saturated rings. The highest BCUT2D eigenvalue weighted by Gasteiger charge is 2.33. The van der Waals surface area contributed by atoms with Gasteiger partial charge in [0.25, 0.3) is 0 Å². The molecule has 0 aliphatic heterocycles. The number of phenols is 1. The Kier molecular flexibility index (Phi) is 2.52. The molecule has 6 heteroatoms. The summed E-state index contributed by atoms with van der Waals surface area (Å²) >= 11 is 0. The maximum Gasteiger partial charge on any atom is 0.230 e. The van der Waals surface area contributed by atoms with Crippen LogP contribution >= 0.6 is 0 Å². The van der Waals surface area contributed by atoms with Crippen LogP contribution in [0.1, 0.15) is 24.7 Å². The van der Waals surface area contributed by atoms with E-state index in [0.29, 0.717) is 24.3 Å². The number of benzene rings is 1. The molecule has 1 saturated carbocycles. The largest absolute Gasteiger partial charge is 0.505 e. The van der Waals surface area contributed by atoms with Gasteiger partial charge >= 0.3 is 0 Å². The van der Waals surface area contributed by atoms with Crippen molar-refractivity contribution in [2.75, 3.05) is 0 Å². The van der Waals surface area contributed by atoms with Crippen LogP contribution in [0.15, 0.2) is 22.7 Å². The average molecular weight is 250 g/mol. The van der Waals surface area contributed by atoms with Crippen molar-refractivity contribution in [2.24, 2.45) is 0 Å². The predicted octanol–water partition coefficient (Wildman–Crippen LogP) is 1.82. The molecule has 2 N–H and O–H groups in total. The molecule has 0 radical (unpaired) electrons. The van der Waals surface area contributed by atoms with Crippen molar-refractivity contribution in [3.8, 4) is 17.1 Å². The first-order valence-corrected chi connectivity index (χ1v) is 5.64. The summed E-state index contributed by atoms with van der Waals surface area (Å²) < 4.78 is 18.3. The van der Waals surface area contributed by atoms with Gasteiger partial charge in [0.2, 0.25) is 11.7 Å². The first-order chi connectivity index (χ1) is 8.63. The summed E-state index contributed by atoms with van der Waals surface area (Å²) in [6.07, 6.45) is 0.938. The van der Waals surface area contributed by atoms with Gasteiger partial charge in [-0.05, 0) is 31.0 Å². The van der Waals surface area contributed by atoms with Crippen LogP contribution < -0.4 is 0 Å². The zero-order valence-corrected chi connectivity index (χ0v) is 9.38. The van der Waals surface area contributed by atoms with Crippen LogP contribution in [0.2, 0.25) is 0 Å². The number of hydrogen-bond acceptors (Lipinski definition) is 5. The Bertz CT molecular complexity index is 578. The number of aromatic hydroxyl groups is 1. The molecule has 1 aromatic heterocycles. The standard InChI is InChI=1S/C12H11FN2O3/c13-9-5-6(1-2-10(9)17)11-14-12(18-15-11)7-3-8(16)4-7/h1-2,5,7-8,16-17H,3-4H2. The second-order valence-corrected chi connectivity index (χ2v) is 4.44. The molecular formula is C12H11FN2O3.